The van der Waals surface area contributed by atoms with E-state index in [0.717, 1.165) is 11.1 Å². The number of aliphatic carboxylic acids is 1. The molecule has 0 saturated carbocycles. The summed E-state index contributed by atoms with van der Waals surface area (Å²) in [5.41, 5.74) is 6.95. The van der Waals surface area contributed by atoms with E-state index >= 15 is 0 Å². The van der Waals surface area contributed by atoms with Crippen molar-refractivity contribution < 1.29 is 19.5 Å². The van der Waals surface area contributed by atoms with Crippen molar-refractivity contribution in [1.29, 1.82) is 0 Å². The molecule has 0 saturated heterocycles. The second-order valence-electron chi connectivity index (χ2n) is 6.10. The lowest BCUT2D eigenvalue weighted by Gasteiger charge is -2.21. The molecule has 7 nitrogen and oxygen atoms in total. The van der Waals surface area contributed by atoms with Crippen molar-refractivity contribution in [3.05, 3.63) is 71.8 Å². The van der Waals surface area contributed by atoms with Crippen molar-refractivity contribution in [1.82, 2.24) is 10.6 Å². The van der Waals surface area contributed by atoms with Crippen LogP contribution in [0, 0.1) is 0 Å². The van der Waals surface area contributed by atoms with Gasteiger partial charge in [-0.2, -0.15) is 0 Å². The predicted octanol–water partition coefficient (Wildman–Crippen LogP) is 0.485. The number of carbonyl (C=O) groups excluding carboxylic acids is 2. The van der Waals surface area contributed by atoms with E-state index < -0.39 is 29.9 Å². The molecule has 142 valence electrons. The van der Waals surface area contributed by atoms with Gasteiger partial charge >= 0.3 is 5.97 Å². The molecule has 2 aromatic rings. The number of rotatable bonds is 9. The highest BCUT2D eigenvalue weighted by Crippen LogP contribution is 2.07. The van der Waals surface area contributed by atoms with Crippen LogP contribution in [0.25, 0.3) is 0 Å². The van der Waals surface area contributed by atoms with Gasteiger partial charge in [0, 0.05) is 12.8 Å². The number of carboxylic acids is 1. The van der Waals surface area contributed by atoms with Gasteiger partial charge in [-0.3, -0.25) is 9.59 Å². The molecule has 7 heteroatoms. The highest BCUT2D eigenvalue weighted by molar-refractivity contribution is 5.91. The van der Waals surface area contributed by atoms with E-state index in [0.29, 0.717) is 0 Å². The van der Waals surface area contributed by atoms with Gasteiger partial charge in [-0.05, 0) is 11.1 Å². The van der Waals surface area contributed by atoms with Crippen LogP contribution in [-0.4, -0.2) is 41.5 Å². The normalized spacial score (nSPS) is 12.6. The van der Waals surface area contributed by atoms with E-state index in [1.165, 1.54) is 0 Å². The van der Waals surface area contributed by atoms with Gasteiger partial charge in [-0.15, -0.1) is 0 Å². The first-order chi connectivity index (χ1) is 13.0. The third kappa shape index (κ3) is 6.56. The highest BCUT2D eigenvalue weighted by atomic mass is 16.4. The van der Waals surface area contributed by atoms with Crippen LogP contribution in [0.5, 0.6) is 0 Å². The van der Waals surface area contributed by atoms with Crippen molar-refractivity contribution >= 4 is 17.8 Å². The van der Waals surface area contributed by atoms with E-state index in [1.54, 1.807) is 24.3 Å². The van der Waals surface area contributed by atoms with Crippen LogP contribution >= 0.6 is 0 Å². The van der Waals surface area contributed by atoms with Crippen LogP contribution in [0.15, 0.2) is 60.7 Å². The molecule has 5 N–H and O–H groups in total. The maximum absolute atomic E-state index is 12.7. The Morgan fingerprint density at radius 2 is 1.30 bits per heavy atom. The van der Waals surface area contributed by atoms with Crippen molar-refractivity contribution in [2.75, 3.05) is 6.54 Å². The quantitative estimate of drug-likeness (QED) is 0.512. The molecule has 0 fully saturated rings. The van der Waals surface area contributed by atoms with Gasteiger partial charge in [0.15, 0.2) is 0 Å². The van der Waals surface area contributed by atoms with Gasteiger partial charge in [-0.1, -0.05) is 60.7 Å². The maximum atomic E-state index is 12.7. The number of carbonyl (C=O) groups is 3. The van der Waals surface area contributed by atoms with Crippen LogP contribution in [-0.2, 0) is 27.2 Å². The summed E-state index contributed by atoms with van der Waals surface area (Å²) in [6, 6.07) is 16.1. The first kappa shape index (κ1) is 20.1. The Morgan fingerprint density at radius 3 is 1.74 bits per heavy atom. The maximum Gasteiger partial charge on any atom is 0.326 e. The Bertz CT molecular complexity index is 765. The molecule has 2 atom stereocenters. The molecule has 2 rings (SSSR count). The predicted molar refractivity (Wildman–Crippen MR) is 101 cm³/mol. The Morgan fingerprint density at radius 1 is 0.815 bits per heavy atom. The summed E-state index contributed by atoms with van der Waals surface area (Å²) in [5, 5.41) is 14.5. The molecule has 0 aliphatic carbocycles. The molecular formula is C20H23N3O4. The van der Waals surface area contributed by atoms with Gasteiger partial charge in [0.2, 0.25) is 11.8 Å². The highest BCUT2D eigenvalue weighted by Gasteiger charge is 2.26. The van der Waals surface area contributed by atoms with Gasteiger partial charge in [0.05, 0.1) is 6.54 Å². The summed E-state index contributed by atoms with van der Waals surface area (Å²) < 4.78 is 0. The zero-order chi connectivity index (χ0) is 19.6. The van der Waals surface area contributed by atoms with Crippen LogP contribution in [0.3, 0.4) is 0 Å². The number of hydrogen-bond acceptors (Lipinski definition) is 4. The average Bonchev–Trinajstić information content (AvgIpc) is 2.68. The number of amides is 2. The second kappa shape index (κ2) is 10.1. The zero-order valence-corrected chi connectivity index (χ0v) is 14.8. The van der Waals surface area contributed by atoms with Crippen molar-refractivity contribution in [3.63, 3.8) is 0 Å². The largest absolute Gasteiger partial charge is 0.480 e. The summed E-state index contributed by atoms with van der Waals surface area (Å²) in [5.74, 6) is -2.19. The van der Waals surface area contributed by atoms with E-state index in [2.05, 4.69) is 10.6 Å². The fraction of sp³-hybridized carbons (Fsp3) is 0.250. The SMILES string of the molecule is NCC(=O)N[C@@H](Cc1ccccc1)C(=O)N[C@@H](Cc1ccccc1)C(=O)O. The second-order valence-corrected chi connectivity index (χ2v) is 6.10. The van der Waals surface area contributed by atoms with Crippen molar-refractivity contribution in [2.24, 2.45) is 5.73 Å². The fourth-order valence-electron chi connectivity index (χ4n) is 2.63. The molecule has 0 unspecified atom stereocenters. The Balaban J connectivity index is 2.11. The number of hydrogen-bond donors (Lipinski definition) is 4. The van der Waals surface area contributed by atoms with Crippen LogP contribution in [0.1, 0.15) is 11.1 Å². The zero-order valence-electron chi connectivity index (χ0n) is 14.8. The average molecular weight is 369 g/mol. The van der Waals surface area contributed by atoms with E-state index in [4.69, 9.17) is 5.73 Å². The van der Waals surface area contributed by atoms with Gasteiger partial charge < -0.3 is 21.5 Å². The summed E-state index contributed by atoms with van der Waals surface area (Å²) in [6.45, 7) is -0.259. The lowest BCUT2D eigenvalue weighted by Crippen LogP contribution is -2.53. The molecule has 2 aromatic carbocycles. The topological polar surface area (TPSA) is 122 Å². The molecule has 0 aliphatic heterocycles. The fourth-order valence-corrected chi connectivity index (χ4v) is 2.63. The smallest absolute Gasteiger partial charge is 0.326 e. The summed E-state index contributed by atoms with van der Waals surface area (Å²) in [4.78, 5) is 35.9. The molecule has 0 radical (unpaired) electrons. The van der Waals surface area contributed by atoms with E-state index in [9.17, 15) is 19.5 Å². The summed E-state index contributed by atoms with van der Waals surface area (Å²) in [6.07, 6.45) is 0.376. The molecule has 0 aromatic heterocycles. The molecule has 0 spiro atoms. The third-order valence-corrected chi connectivity index (χ3v) is 4.02. The Hall–Kier alpha value is -3.19. The number of benzene rings is 2. The van der Waals surface area contributed by atoms with E-state index in [1.807, 2.05) is 36.4 Å². The van der Waals surface area contributed by atoms with Gasteiger partial charge in [0.1, 0.15) is 12.1 Å². The molecule has 0 bridgehead atoms. The molecule has 0 heterocycles. The van der Waals surface area contributed by atoms with Gasteiger partial charge in [-0.25, -0.2) is 4.79 Å². The number of nitrogens with two attached hydrogens (primary N) is 1. The van der Waals surface area contributed by atoms with Crippen LogP contribution in [0.2, 0.25) is 0 Å². The first-order valence-corrected chi connectivity index (χ1v) is 8.60. The number of nitrogens with one attached hydrogen (secondary N) is 2. The summed E-state index contributed by atoms with van der Waals surface area (Å²) in [7, 11) is 0. The molecule has 0 aliphatic rings. The number of carboxylic acid groups (broad SMARTS) is 1. The third-order valence-electron chi connectivity index (χ3n) is 4.02. The minimum Gasteiger partial charge on any atom is -0.480 e. The lowest BCUT2D eigenvalue weighted by molar-refractivity contribution is -0.142. The molecule has 27 heavy (non-hydrogen) atoms. The molecular weight excluding hydrogens is 346 g/mol. The monoisotopic (exact) mass is 369 g/mol. The van der Waals surface area contributed by atoms with Crippen LogP contribution in [0.4, 0.5) is 0 Å². The van der Waals surface area contributed by atoms with Crippen LogP contribution < -0.4 is 16.4 Å². The summed E-state index contributed by atoms with van der Waals surface area (Å²) >= 11 is 0. The Kier molecular flexibility index (Phi) is 7.51. The van der Waals surface area contributed by atoms with E-state index in [-0.39, 0.29) is 19.4 Å². The van der Waals surface area contributed by atoms with Crippen molar-refractivity contribution in [3.8, 4) is 0 Å². The first-order valence-electron chi connectivity index (χ1n) is 8.60. The van der Waals surface area contributed by atoms with Gasteiger partial charge in [0.25, 0.3) is 0 Å². The lowest BCUT2D eigenvalue weighted by atomic mass is 10.0. The minimum atomic E-state index is -1.14. The standard InChI is InChI=1S/C20H23N3O4/c21-13-18(24)22-16(11-14-7-3-1-4-8-14)19(25)23-17(20(26)27)12-15-9-5-2-6-10-15/h1-10,16-17H,11-13,21H2,(H,22,24)(H,23,25)(H,26,27)/t16-,17-/m0/s1. The Labute approximate surface area is 157 Å². The molecule has 2 amide bonds. The van der Waals surface area contributed by atoms with Crippen molar-refractivity contribution in [2.45, 2.75) is 24.9 Å². The minimum absolute atomic E-state index is 0.144.